The van der Waals surface area contributed by atoms with Gasteiger partial charge in [0, 0.05) is 19.7 Å². The fourth-order valence-electron chi connectivity index (χ4n) is 3.94. The summed E-state index contributed by atoms with van der Waals surface area (Å²) in [4.78, 5) is 19.3. The van der Waals surface area contributed by atoms with Crippen molar-refractivity contribution in [1.82, 2.24) is 15.0 Å². The molecule has 4 rings (SSSR count). The Hall–Kier alpha value is -2.15. The second kappa shape index (κ2) is 5.44. The Bertz CT molecular complexity index is 781. The van der Waals surface area contributed by atoms with E-state index in [0.717, 1.165) is 18.6 Å². The summed E-state index contributed by atoms with van der Waals surface area (Å²) in [6.07, 6.45) is 1.57. The van der Waals surface area contributed by atoms with E-state index in [1.165, 1.54) is 0 Å². The van der Waals surface area contributed by atoms with E-state index in [4.69, 9.17) is 13.7 Å². The van der Waals surface area contributed by atoms with Gasteiger partial charge in [0.2, 0.25) is 5.89 Å². The van der Waals surface area contributed by atoms with Crippen LogP contribution in [0.5, 0.6) is 0 Å². The first kappa shape index (κ1) is 15.4. The van der Waals surface area contributed by atoms with Crippen LogP contribution in [-0.2, 0) is 10.2 Å². The Morgan fingerprint density at radius 1 is 1.38 bits per heavy atom. The van der Waals surface area contributed by atoms with Gasteiger partial charge in [0.15, 0.2) is 5.82 Å². The molecule has 0 saturated carbocycles. The minimum absolute atomic E-state index is 0.00897. The van der Waals surface area contributed by atoms with Gasteiger partial charge >= 0.3 is 0 Å². The molecule has 24 heavy (non-hydrogen) atoms. The topological polar surface area (TPSA) is 81.6 Å². The molecular weight excluding hydrogens is 310 g/mol. The lowest BCUT2D eigenvalue weighted by Crippen LogP contribution is -2.54. The minimum atomic E-state index is -0.401. The number of furan rings is 1. The number of carbonyl (C=O) groups is 1. The van der Waals surface area contributed by atoms with Crippen molar-refractivity contribution in [2.75, 3.05) is 19.7 Å². The van der Waals surface area contributed by atoms with Gasteiger partial charge in [-0.2, -0.15) is 4.98 Å². The van der Waals surface area contributed by atoms with E-state index in [1.54, 1.807) is 13.0 Å². The molecule has 1 amide bonds. The summed E-state index contributed by atoms with van der Waals surface area (Å²) in [6.45, 7) is 7.31. The third-order valence-corrected chi connectivity index (χ3v) is 5.13. The zero-order valence-corrected chi connectivity index (χ0v) is 14.2. The Kier molecular flexibility index (Phi) is 3.49. The normalized spacial score (nSPS) is 26.6. The molecule has 2 atom stereocenters. The predicted octanol–water partition coefficient (Wildman–Crippen LogP) is 2.16. The Morgan fingerprint density at radius 3 is 2.88 bits per heavy atom. The smallest absolute Gasteiger partial charge is 0.257 e. The number of carbonyl (C=O) groups excluding carboxylic acids is 1. The average molecular weight is 331 g/mol. The average Bonchev–Trinajstić information content (AvgIpc) is 3.24. The summed E-state index contributed by atoms with van der Waals surface area (Å²) in [7, 11) is 0. The van der Waals surface area contributed by atoms with Crippen LogP contribution < -0.4 is 0 Å². The second-order valence-electron chi connectivity index (χ2n) is 6.75. The highest BCUT2D eigenvalue weighted by Gasteiger charge is 2.53. The van der Waals surface area contributed by atoms with Crippen LogP contribution in [0.3, 0.4) is 0 Å². The molecule has 2 aliphatic heterocycles. The lowest BCUT2D eigenvalue weighted by Gasteiger charge is -2.41. The molecule has 0 aromatic carbocycles. The number of likely N-dealkylation sites (tertiary alicyclic amines) is 1. The Balaban J connectivity index is 1.66. The maximum absolute atomic E-state index is 13.0. The molecule has 2 fully saturated rings. The highest BCUT2D eigenvalue weighted by Crippen LogP contribution is 2.43. The molecular formula is C17H21N3O4. The number of aromatic nitrogens is 2. The third kappa shape index (κ3) is 2.26. The molecule has 0 spiro atoms. The molecule has 0 N–H and O–H groups in total. The quantitative estimate of drug-likeness (QED) is 0.839. The van der Waals surface area contributed by atoms with E-state index in [-0.39, 0.29) is 12.0 Å². The lowest BCUT2D eigenvalue weighted by atomic mass is 9.76. The number of ether oxygens (including phenoxy) is 1. The fourth-order valence-corrected chi connectivity index (χ4v) is 3.94. The fraction of sp³-hybridized carbons (Fsp3) is 0.588. The van der Waals surface area contributed by atoms with Gasteiger partial charge < -0.3 is 18.6 Å². The highest BCUT2D eigenvalue weighted by molar-refractivity contribution is 5.95. The number of rotatable bonds is 2. The van der Waals surface area contributed by atoms with E-state index in [1.807, 2.05) is 18.7 Å². The molecule has 2 aliphatic rings. The molecule has 0 unspecified atom stereocenters. The van der Waals surface area contributed by atoms with Crippen molar-refractivity contribution in [3.63, 3.8) is 0 Å². The first-order valence-corrected chi connectivity index (χ1v) is 8.28. The maximum atomic E-state index is 13.0. The lowest BCUT2D eigenvalue weighted by molar-refractivity contribution is 0.00818. The highest BCUT2D eigenvalue weighted by atomic mass is 16.5. The molecule has 7 nitrogen and oxygen atoms in total. The number of nitrogens with zero attached hydrogens (tertiary/aromatic N) is 3. The van der Waals surface area contributed by atoms with Crippen molar-refractivity contribution in [3.8, 4) is 0 Å². The van der Waals surface area contributed by atoms with Gasteiger partial charge in [-0.1, -0.05) is 5.16 Å². The van der Waals surface area contributed by atoms with Crippen molar-refractivity contribution in [1.29, 1.82) is 0 Å². The summed E-state index contributed by atoms with van der Waals surface area (Å²) >= 11 is 0. The first-order chi connectivity index (χ1) is 11.5. The number of hydrogen-bond donors (Lipinski definition) is 0. The van der Waals surface area contributed by atoms with Crippen LogP contribution in [0.2, 0.25) is 0 Å². The van der Waals surface area contributed by atoms with E-state index < -0.39 is 5.41 Å². The van der Waals surface area contributed by atoms with Gasteiger partial charge in [-0.3, -0.25) is 4.79 Å². The van der Waals surface area contributed by atoms with Crippen molar-refractivity contribution >= 4 is 5.91 Å². The van der Waals surface area contributed by atoms with Crippen LogP contribution in [0.1, 0.15) is 46.4 Å². The summed E-state index contributed by atoms with van der Waals surface area (Å²) < 4.78 is 16.9. The van der Waals surface area contributed by atoms with Gasteiger partial charge in [-0.05, 0) is 39.7 Å². The van der Waals surface area contributed by atoms with Crippen LogP contribution >= 0.6 is 0 Å². The second-order valence-corrected chi connectivity index (χ2v) is 6.75. The van der Waals surface area contributed by atoms with E-state index in [9.17, 15) is 4.79 Å². The molecule has 128 valence electrons. The summed E-state index contributed by atoms with van der Waals surface area (Å²) in [6, 6.07) is 1.80. The third-order valence-electron chi connectivity index (χ3n) is 5.13. The molecule has 2 aromatic rings. The zero-order valence-electron chi connectivity index (χ0n) is 14.2. The Morgan fingerprint density at radius 2 is 2.21 bits per heavy atom. The van der Waals surface area contributed by atoms with Gasteiger partial charge in [0.25, 0.3) is 5.91 Å². The predicted molar refractivity (Wildman–Crippen MR) is 83.8 cm³/mol. The van der Waals surface area contributed by atoms with Crippen molar-refractivity contribution in [2.45, 2.75) is 45.1 Å². The number of fused-ring (bicyclic) bond motifs is 1. The largest absolute Gasteiger partial charge is 0.466 e. The van der Waals surface area contributed by atoms with Crippen molar-refractivity contribution < 1.29 is 18.5 Å². The molecule has 0 radical (unpaired) electrons. The number of piperidine rings is 1. The number of hydrogen-bond acceptors (Lipinski definition) is 6. The standard InChI is InChI=1S/C17H21N3O4/c1-10-8-13(11(2)23-10)15(21)20-6-4-14-17(9-20,5-7-22-14)16-18-12(3)19-24-16/h8,14H,4-7,9H2,1-3H3/t14-,17-/m1/s1. The van der Waals surface area contributed by atoms with Crippen LogP contribution in [-0.4, -0.2) is 46.7 Å². The maximum Gasteiger partial charge on any atom is 0.257 e. The summed E-state index contributed by atoms with van der Waals surface area (Å²) in [5.41, 5.74) is 0.226. The van der Waals surface area contributed by atoms with Crippen molar-refractivity contribution in [2.24, 2.45) is 0 Å². The minimum Gasteiger partial charge on any atom is -0.466 e. The van der Waals surface area contributed by atoms with Gasteiger partial charge in [-0.15, -0.1) is 0 Å². The van der Waals surface area contributed by atoms with E-state index >= 15 is 0 Å². The zero-order chi connectivity index (χ0) is 16.9. The monoisotopic (exact) mass is 331 g/mol. The van der Waals surface area contributed by atoms with Crippen LogP contribution in [0.25, 0.3) is 0 Å². The Labute approximate surface area is 140 Å². The van der Waals surface area contributed by atoms with Gasteiger partial charge in [0.05, 0.1) is 17.1 Å². The number of aryl methyl sites for hydroxylation is 3. The van der Waals surface area contributed by atoms with Crippen LogP contribution in [0.4, 0.5) is 0 Å². The number of amides is 1. The molecule has 7 heteroatoms. The van der Waals surface area contributed by atoms with Gasteiger partial charge in [0.1, 0.15) is 11.5 Å². The summed E-state index contributed by atoms with van der Waals surface area (Å²) in [5.74, 6) is 2.59. The molecule has 4 heterocycles. The van der Waals surface area contributed by atoms with Crippen LogP contribution in [0.15, 0.2) is 15.0 Å². The van der Waals surface area contributed by atoms with Crippen molar-refractivity contribution in [3.05, 3.63) is 34.9 Å². The molecule has 0 aliphatic carbocycles. The summed E-state index contributed by atoms with van der Waals surface area (Å²) in [5, 5.41) is 3.93. The molecule has 2 aromatic heterocycles. The van der Waals surface area contributed by atoms with E-state index in [0.29, 0.717) is 42.7 Å². The SMILES string of the molecule is Cc1noc([C@@]23CCO[C@@H]2CCN(C(=O)c2cc(C)oc2C)C3)n1. The molecule has 0 bridgehead atoms. The molecule has 2 saturated heterocycles. The van der Waals surface area contributed by atoms with E-state index in [2.05, 4.69) is 10.1 Å². The van der Waals surface area contributed by atoms with Gasteiger partial charge in [-0.25, -0.2) is 0 Å². The first-order valence-electron chi connectivity index (χ1n) is 8.28. The van der Waals surface area contributed by atoms with Crippen LogP contribution in [0, 0.1) is 20.8 Å².